The molecule has 0 saturated carbocycles. The lowest BCUT2D eigenvalue weighted by Crippen LogP contribution is -2.19. The number of carbonyl (C=O) groups excluding carboxylic acids is 1. The molecule has 0 aliphatic heterocycles. The third kappa shape index (κ3) is 3.32. The maximum Gasteiger partial charge on any atom is 0.164 e. The summed E-state index contributed by atoms with van der Waals surface area (Å²) in [5, 5.41) is 0. The Morgan fingerprint density at radius 2 is 2.27 bits per heavy atom. The summed E-state index contributed by atoms with van der Waals surface area (Å²) in [5.74, 6) is 0.765. The Kier molecular flexibility index (Phi) is 4.29. The molecule has 0 aromatic heterocycles. The summed E-state index contributed by atoms with van der Waals surface area (Å²) in [4.78, 5) is 11.7. The predicted octanol–water partition coefficient (Wildman–Crippen LogP) is 2.38. The lowest BCUT2D eigenvalue weighted by molar-refractivity contribution is 0.0976. The highest BCUT2D eigenvalue weighted by atomic mass is 79.9. The minimum absolute atomic E-state index is 0.0494. The van der Waals surface area contributed by atoms with Crippen LogP contribution in [0.3, 0.4) is 0 Å². The summed E-state index contributed by atoms with van der Waals surface area (Å²) < 4.78 is 5.86. The fourth-order valence-corrected chi connectivity index (χ4v) is 1.79. The molecule has 0 heterocycles. The molecule has 3 nitrogen and oxygen atoms in total. The summed E-state index contributed by atoms with van der Waals surface area (Å²) in [7, 11) is 1.59. The zero-order valence-corrected chi connectivity index (χ0v) is 10.4. The molecule has 1 atom stereocenters. The van der Waals surface area contributed by atoms with Gasteiger partial charge in [-0.1, -0.05) is 0 Å². The van der Waals surface area contributed by atoms with Crippen LogP contribution in [-0.2, 0) is 0 Å². The zero-order valence-electron chi connectivity index (χ0n) is 8.79. The summed E-state index contributed by atoms with van der Waals surface area (Å²) in [6.07, 6.45) is 0.360. The maximum absolute atomic E-state index is 11.7. The van der Waals surface area contributed by atoms with Gasteiger partial charge in [0.25, 0.3) is 0 Å². The normalized spacial score (nSPS) is 12.3. The van der Waals surface area contributed by atoms with Gasteiger partial charge in [0.2, 0.25) is 0 Å². The van der Waals surface area contributed by atoms with Crippen LogP contribution in [0, 0.1) is 0 Å². The van der Waals surface area contributed by atoms with Gasteiger partial charge >= 0.3 is 0 Å². The number of methoxy groups -OCH3 is 1. The van der Waals surface area contributed by atoms with Gasteiger partial charge in [0.1, 0.15) is 5.75 Å². The molecule has 4 heteroatoms. The Bertz CT molecular complexity index is 364. The molecule has 1 aromatic carbocycles. The third-order valence-corrected chi connectivity index (χ3v) is 2.60. The second kappa shape index (κ2) is 5.28. The maximum atomic E-state index is 11.7. The molecule has 0 saturated heterocycles. The summed E-state index contributed by atoms with van der Waals surface area (Å²) >= 11 is 3.33. The van der Waals surface area contributed by atoms with E-state index in [0.717, 1.165) is 4.47 Å². The zero-order chi connectivity index (χ0) is 11.4. The van der Waals surface area contributed by atoms with Crippen LogP contribution >= 0.6 is 15.9 Å². The van der Waals surface area contributed by atoms with Crippen LogP contribution in [-0.4, -0.2) is 18.9 Å². The largest absolute Gasteiger partial charge is 0.496 e. The van der Waals surface area contributed by atoms with Crippen molar-refractivity contribution in [2.24, 2.45) is 5.73 Å². The Morgan fingerprint density at radius 1 is 1.60 bits per heavy atom. The topological polar surface area (TPSA) is 52.3 Å². The van der Waals surface area contributed by atoms with Crippen LogP contribution in [0.4, 0.5) is 0 Å². The highest BCUT2D eigenvalue weighted by Crippen LogP contribution is 2.26. The number of halogens is 1. The smallest absolute Gasteiger partial charge is 0.164 e. The standard InChI is InChI=1S/C11H14BrNO2/c1-7(13)5-10(14)8-3-4-11(15-2)9(12)6-8/h3-4,6-7H,5,13H2,1-2H3. The van der Waals surface area contributed by atoms with Crippen LogP contribution in [0.1, 0.15) is 23.7 Å². The molecular formula is C11H14BrNO2. The van der Waals surface area contributed by atoms with Gasteiger partial charge in [-0.3, -0.25) is 4.79 Å². The predicted molar refractivity (Wildman–Crippen MR) is 63.3 cm³/mol. The lowest BCUT2D eigenvalue weighted by Gasteiger charge is -2.07. The molecule has 1 unspecified atom stereocenters. The molecule has 0 aliphatic carbocycles. The van der Waals surface area contributed by atoms with E-state index in [2.05, 4.69) is 15.9 Å². The number of carbonyl (C=O) groups is 1. The molecule has 0 aliphatic rings. The van der Waals surface area contributed by atoms with E-state index in [1.807, 2.05) is 6.92 Å². The van der Waals surface area contributed by atoms with E-state index in [0.29, 0.717) is 17.7 Å². The number of Topliss-reactive ketones (excluding diaryl/α,β-unsaturated/α-hetero) is 1. The van der Waals surface area contributed by atoms with Crippen molar-refractivity contribution >= 4 is 21.7 Å². The van der Waals surface area contributed by atoms with Crippen LogP contribution in [0.2, 0.25) is 0 Å². The first kappa shape index (κ1) is 12.2. The second-order valence-electron chi connectivity index (χ2n) is 3.45. The van der Waals surface area contributed by atoms with Gasteiger partial charge in [-0.25, -0.2) is 0 Å². The van der Waals surface area contributed by atoms with Gasteiger partial charge in [0.15, 0.2) is 5.78 Å². The van der Waals surface area contributed by atoms with Gasteiger partial charge in [0, 0.05) is 18.0 Å². The molecule has 15 heavy (non-hydrogen) atoms. The summed E-state index contributed by atoms with van der Waals surface area (Å²) in [5.41, 5.74) is 6.22. The van der Waals surface area contributed by atoms with E-state index in [9.17, 15) is 4.79 Å². The number of rotatable bonds is 4. The number of ketones is 1. The SMILES string of the molecule is COc1ccc(C(=O)CC(C)N)cc1Br. The molecule has 2 N–H and O–H groups in total. The average Bonchev–Trinajstić information content (AvgIpc) is 2.16. The van der Waals surface area contributed by atoms with Crippen molar-refractivity contribution in [2.75, 3.05) is 7.11 Å². The highest BCUT2D eigenvalue weighted by Gasteiger charge is 2.10. The fraction of sp³-hybridized carbons (Fsp3) is 0.364. The molecule has 0 amide bonds. The van der Waals surface area contributed by atoms with Crippen molar-refractivity contribution in [3.8, 4) is 5.75 Å². The Balaban J connectivity index is 2.87. The summed E-state index contributed by atoms with van der Waals surface area (Å²) in [6.45, 7) is 1.82. The Morgan fingerprint density at radius 3 is 2.73 bits per heavy atom. The number of ether oxygens (including phenoxy) is 1. The molecule has 1 rings (SSSR count). The molecule has 0 spiro atoms. The minimum Gasteiger partial charge on any atom is -0.496 e. The summed E-state index contributed by atoms with van der Waals surface area (Å²) in [6, 6.07) is 5.15. The van der Waals surface area contributed by atoms with E-state index < -0.39 is 0 Å². The molecule has 0 radical (unpaired) electrons. The quantitative estimate of drug-likeness (QED) is 0.856. The van der Waals surface area contributed by atoms with Crippen molar-refractivity contribution in [1.82, 2.24) is 0 Å². The van der Waals surface area contributed by atoms with Crippen LogP contribution in [0.5, 0.6) is 5.75 Å². The van der Waals surface area contributed by atoms with E-state index >= 15 is 0 Å². The van der Waals surface area contributed by atoms with Gasteiger partial charge in [0.05, 0.1) is 11.6 Å². The number of nitrogens with two attached hydrogens (primary N) is 1. The van der Waals surface area contributed by atoms with Crippen LogP contribution in [0.25, 0.3) is 0 Å². The average molecular weight is 272 g/mol. The molecule has 0 bridgehead atoms. The van der Waals surface area contributed by atoms with Crippen molar-refractivity contribution < 1.29 is 9.53 Å². The number of benzene rings is 1. The van der Waals surface area contributed by atoms with Crippen molar-refractivity contribution in [1.29, 1.82) is 0 Å². The van der Waals surface area contributed by atoms with Crippen molar-refractivity contribution in [3.05, 3.63) is 28.2 Å². The first-order valence-corrected chi connectivity index (χ1v) is 5.46. The van der Waals surface area contributed by atoms with Gasteiger partial charge in [-0.05, 0) is 41.1 Å². The first-order chi connectivity index (χ1) is 7.04. The minimum atomic E-state index is -0.113. The highest BCUT2D eigenvalue weighted by molar-refractivity contribution is 9.10. The molecule has 1 aromatic rings. The Hall–Kier alpha value is -0.870. The van der Waals surface area contributed by atoms with Crippen LogP contribution < -0.4 is 10.5 Å². The molecule has 82 valence electrons. The second-order valence-corrected chi connectivity index (χ2v) is 4.31. The van der Waals surface area contributed by atoms with E-state index in [4.69, 9.17) is 10.5 Å². The van der Waals surface area contributed by atoms with Gasteiger partial charge < -0.3 is 10.5 Å². The van der Waals surface area contributed by atoms with Crippen molar-refractivity contribution in [3.63, 3.8) is 0 Å². The molecular weight excluding hydrogens is 258 g/mol. The Labute approximate surface area is 97.7 Å². The van der Waals surface area contributed by atoms with Gasteiger partial charge in [-0.15, -0.1) is 0 Å². The molecule has 0 fully saturated rings. The third-order valence-electron chi connectivity index (χ3n) is 1.98. The number of hydrogen-bond donors (Lipinski definition) is 1. The lowest BCUT2D eigenvalue weighted by atomic mass is 10.1. The van der Waals surface area contributed by atoms with Gasteiger partial charge in [-0.2, -0.15) is 0 Å². The fourth-order valence-electron chi connectivity index (χ4n) is 1.25. The van der Waals surface area contributed by atoms with Crippen LogP contribution in [0.15, 0.2) is 22.7 Å². The first-order valence-electron chi connectivity index (χ1n) is 4.67. The monoisotopic (exact) mass is 271 g/mol. The number of hydrogen-bond acceptors (Lipinski definition) is 3. The van der Waals surface area contributed by atoms with E-state index in [1.54, 1.807) is 25.3 Å². The van der Waals surface area contributed by atoms with Crippen molar-refractivity contribution in [2.45, 2.75) is 19.4 Å². The van der Waals surface area contributed by atoms with E-state index in [1.165, 1.54) is 0 Å². The van der Waals surface area contributed by atoms with E-state index in [-0.39, 0.29) is 11.8 Å².